The molecule has 2 atom stereocenters. The van der Waals surface area contributed by atoms with Crippen molar-refractivity contribution in [2.75, 3.05) is 26.2 Å². The Bertz CT molecular complexity index is 923. The van der Waals surface area contributed by atoms with E-state index in [4.69, 9.17) is 33.7 Å². The van der Waals surface area contributed by atoms with Crippen molar-refractivity contribution in [3.05, 3.63) is 69.2 Å². The second kappa shape index (κ2) is 10.8. The molecule has 1 aliphatic heterocycles. The number of nitrogens with one attached hydrogen (secondary N) is 2. The van der Waals surface area contributed by atoms with Gasteiger partial charge in [-0.05, 0) is 42.3 Å². The molecule has 7 nitrogen and oxygen atoms in total. The van der Waals surface area contributed by atoms with E-state index in [1.54, 1.807) is 30.3 Å². The van der Waals surface area contributed by atoms with Gasteiger partial charge in [-0.15, -0.1) is 0 Å². The van der Waals surface area contributed by atoms with E-state index in [0.29, 0.717) is 41.8 Å². The predicted octanol–water partition coefficient (Wildman–Crippen LogP) is 3.35. The van der Waals surface area contributed by atoms with E-state index in [1.807, 2.05) is 12.1 Å². The maximum absolute atomic E-state index is 12.1. The molecule has 1 aliphatic rings. The Balaban J connectivity index is 1.45. The first-order chi connectivity index (χ1) is 14.8. The van der Waals surface area contributed by atoms with Crippen molar-refractivity contribution >= 4 is 35.1 Å². The van der Waals surface area contributed by atoms with Gasteiger partial charge >= 0.3 is 6.03 Å². The molecule has 0 spiro atoms. The SMILES string of the molecule is CC(c1ccc(Cl)c(Cl)c1)N1CCO[C@@H](CNC(=O)NCc2ccc(C(N)=O)cc2)C1. The van der Waals surface area contributed by atoms with Gasteiger partial charge in [0.1, 0.15) is 0 Å². The molecule has 1 heterocycles. The molecule has 2 aromatic rings. The summed E-state index contributed by atoms with van der Waals surface area (Å²) in [5.74, 6) is -0.479. The number of nitrogens with zero attached hydrogens (tertiary/aromatic N) is 1. The lowest BCUT2D eigenvalue weighted by Gasteiger charge is -2.37. The number of benzene rings is 2. The van der Waals surface area contributed by atoms with E-state index in [9.17, 15) is 9.59 Å². The molecule has 0 radical (unpaired) electrons. The summed E-state index contributed by atoms with van der Waals surface area (Å²) in [7, 11) is 0. The minimum Gasteiger partial charge on any atom is -0.374 e. The number of rotatable bonds is 7. The van der Waals surface area contributed by atoms with Crippen LogP contribution in [0.25, 0.3) is 0 Å². The topological polar surface area (TPSA) is 96.7 Å². The second-order valence-electron chi connectivity index (χ2n) is 7.46. The van der Waals surface area contributed by atoms with E-state index in [-0.39, 0.29) is 18.2 Å². The van der Waals surface area contributed by atoms with E-state index in [0.717, 1.165) is 17.7 Å². The van der Waals surface area contributed by atoms with Crippen LogP contribution >= 0.6 is 23.2 Å². The zero-order valence-corrected chi connectivity index (χ0v) is 18.7. The van der Waals surface area contributed by atoms with Gasteiger partial charge in [-0.2, -0.15) is 0 Å². The third-order valence-electron chi connectivity index (χ3n) is 5.33. The number of primary amides is 1. The summed E-state index contributed by atoms with van der Waals surface area (Å²) in [6.45, 7) is 4.94. The zero-order valence-electron chi connectivity index (χ0n) is 17.2. The standard InChI is InChI=1S/C22H26Cl2N4O3/c1-14(17-6-7-19(23)20(24)10-17)28-8-9-31-18(13-28)12-27-22(30)26-11-15-2-4-16(5-3-15)21(25)29/h2-7,10,14,18H,8-9,11-13H2,1H3,(H2,25,29)(H2,26,27,30)/t14?,18-/m0/s1. The molecule has 3 amide bonds. The van der Waals surface area contributed by atoms with Gasteiger partial charge in [0.15, 0.2) is 0 Å². The summed E-state index contributed by atoms with van der Waals surface area (Å²) >= 11 is 12.2. The number of halogens is 2. The smallest absolute Gasteiger partial charge is 0.315 e. The minimum atomic E-state index is -0.479. The first-order valence-electron chi connectivity index (χ1n) is 10.0. The van der Waals surface area contributed by atoms with Crippen molar-refractivity contribution in [1.82, 2.24) is 15.5 Å². The number of amides is 3. The maximum Gasteiger partial charge on any atom is 0.315 e. The van der Waals surface area contributed by atoms with Crippen LogP contribution in [0, 0.1) is 0 Å². The zero-order chi connectivity index (χ0) is 22.4. The van der Waals surface area contributed by atoms with E-state index in [2.05, 4.69) is 22.5 Å². The molecule has 0 aromatic heterocycles. The highest BCUT2D eigenvalue weighted by Crippen LogP contribution is 2.29. The van der Waals surface area contributed by atoms with E-state index >= 15 is 0 Å². The first-order valence-corrected chi connectivity index (χ1v) is 10.8. The molecule has 1 unspecified atom stereocenters. The molecule has 9 heteroatoms. The van der Waals surface area contributed by atoms with Gasteiger partial charge in [-0.3, -0.25) is 9.69 Å². The lowest BCUT2D eigenvalue weighted by Crippen LogP contribution is -2.49. The maximum atomic E-state index is 12.1. The molecule has 31 heavy (non-hydrogen) atoms. The largest absolute Gasteiger partial charge is 0.374 e. The Hall–Kier alpha value is -2.32. The highest BCUT2D eigenvalue weighted by molar-refractivity contribution is 6.42. The van der Waals surface area contributed by atoms with Crippen LogP contribution in [0.3, 0.4) is 0 Å². The summed E-state index contributed by atoms with van der Waals surface area (Å²) in [6.07, 6.45) is -0.112. The number of carbonyl (C=O) groups excluding carboxylic acids is 2. The average molecular weight is 465 g/mol. The average Bonchev–Trinajstić information content (AvgIpc) is 2.78. The lowest BCUT2D eigenvalue weighted by atomic mass is 10.1. The van der Waals surface area contributed by atoms with Crippen molar-refractivity contribution < 1.29 is 14.3 Å². The number of nitrogens with two attached hydrogens (primary N) is 1. The highest BCUT2D eigenvalue weighted by atomic mass is 35.5. The van der Waals surface area contributed by atoms with E-state index in [1.165, 1.54) is 0 Å². The Labute approximate surface area is 191 Å². The lowest BCUT2D eigenvalue weighted by molar-refractivity contribution is -0.0388. The molecule has 1 fully saturated rings. The van der Waals surface area contributed by atoms with Crippen LogP contribution < -0.4 is 16.4 Å². The van der Waals surface area contributed by atoms with Crippen LogP contribution in [-0.2, 0) is 11.3 Å². The Morgan fingerprint density at radius 3 is 2.58 bits per heavy atom. The van der Waals surface area contributed by atoms with Crippen molar-refractivity contribution in [3.63, 3.8) is 0 Å². The molecule has 3 rings (SSSR count). The van der Waals surface area contributed by atoms with Gasteiger partial charge in [-0.25, -0.2) is 4.79 Å². The first kappa shape index (κ1) is 23.3. The summed E-state index contributed by atoms with van der Waals surface area (Å²) in [4.78, 5) is 25.6. The number of carbonyl (C=O) groups is 2. The van der Waals surface area contributed by atoms with Crippen molar-refractivity contribution in [2.45, 2.75) is 25.6 Å². The molecule has 2 aromatic carbocycles. The second-order valence-corrected chi connectivity index (χ2v) is 8.28. The summed E-state index contributed by atoms with van der Waals surface area (Å²) in [5, 5.41) is 6.73. The van der Waals surface area contributed by atoms with Crippen molar-refractivity contribution in [2.24, 2.45) is 5.73 Å². The predicted molar refractivity (Wildman–Crippen MR) is 121 cm³/mol. The van der Waals surface area contributed by atoms with Gasteiger partial charge in [-0.1, -0.05) is 41.4 Å². The third-order valence-corrected chi connectivity index (χ3v) is 6.06. The molecule has 0 aliphatic carbocycles. The fourth-order valence-electron chi connectivity index (χ4n) is 3.44. The fourth-order valence-corrected chi connectivity index (χ4v) is 3.75. The molecular formula is C22H26Cl2N4O3. The van der Waals surface area contributed by atoms with Crippen LogP contribution in [0.1, 0.15) is 34.5 Å². The van der Waals surface area contributed by atoms with Crippen LogP contribution in [0.5, 0.6) is 0 Å². The summed E-state index contributed by atoms with van der Waals surface area (Å²) in [6, 6.07) is 12.3. The van der Waals surface area contributed by atoms with Crippen molar-refractivity contribution in [3.8, 4) is 0 Å². The molecule has 0 bridgehead atoms. The number of urea groups is 1. The molecule has 1 saturated heterocycles. The van der Waals surface area contributed by atoms with Gasteiger partial charge in [0.2, 0.25) is 5.91 Å². The molecule has 4 N–H and O–H groups in total. The monoisotopic (exact) mass is 464 g/mol. The fraction of sp³-hybridized carbons (Fsp3) is 0.364. The van der Waals surface area contributed by atoms with Crippen LogP contribution in [0.2, 0.25) is 10.0 Å². The molecule has 0 saturated carbocycles. The summed E-state index contributed by atoms with van der Waals surface area (Å²) in [5.41, 5.74) is 7.62. The van der Waals surface area contributed by atoms with E-state index < -0.39 is 5.91 Å². The van der Waals surface area contributed by atoms with Crippen LogP contribution in [-0.4, -0.2) is 49.2 Å². The number of hydrogen-bond donors (Lipinski definition) is 3. The Morgan fingerprint density at radius 2 is 1.90 bits per heavy atom. The van der Waals surface area contributed by atoms with Gasteiger partial charge in [0.25, 0.3) is 0 Å². The highest BCUT2D eigenvalue weighted by Gasteiger charge is 2.25. The molecule has 166 valence electrons. The van der Waals surface area contributed by atoms with Gasteiger partial charge in [0.05, 0.1) is 22.8 Å². The third kappa shape index (κ3) is 6.58. The van der Waals surface area contributed by atoms with Gasteiger partial charge < -0.3 is 21.1 Å². The van der Waals surface area contributed by atoms with Crippen LogP contribution in [0.15, 0.2) is 42.5 Å². The molecular weight excluding hydrogens is 439 g/mol. The minimum absolute atomic E-state index is 0.112. The summed E-state index contributed by atoms with van der Waals surface area (Å²) < 4.78 is 5.81. The Kier molecular flexibility index (Phi) is 8.15. The normalized spacial score (nSPS) is 17.7. The van der Waals surface area contributed by atoms with Gasteiger partial charge in [0, 0.05) is 37.8 Å². The number of hydrogen-bond acceptors (Lipinski definition) is 4. The van der Waals surface area contributed by atoms with Crippen LogP contribution in [0.4, 0.5) is 4.79 Å². The Morgan fingerprint density at radius 1 is 1.16 bits per heavy atom. The van der Waals surface area contributed by atoms with Crippen molar-refractivity contribution in [1.29, 1.82) is 0 Å². The number of ether oxygens (including phenoxy) is 1. The quantitative estimate of drug-likeness (QED) is 0.585. The number of morpholine rings is 1.